The monoisotopic (exact) mass is 214 g/mol. The van der Waals surface area contributed by atoms with E-state index in [1.54, 1.807) is 18.7 Å². The number of thioether (sulfide) groups is 1. The summed E-state index contributed by atoms with van der Waals surface area (Å²) in [5.41, 5.74) is 0. The third kappa shape index (κ3) is 4.34. The predicted molar refractivity (Wildman–Crippen MR) is 57.5 cm³/mol. The maximum atomic E-state index is 10.7. The highest BCUT2D eigenvalue weighted by atomic mass is 35.5. The summed E-state index contributed by atoms with van der Waals surface area (Å²) >= 11 is 7.46. The zero-order valence-corrected chi connectivity index (χ0v) is 8.99. The lowest BCUT2D eigenvalue weighted by Crippen LogP contribution is -1.91. The maximum absolute atomic E-state index is 10.7. The van der Waals surface area contributed by atoms with E-state index in [1.807, 2.05) is 24.3 Å². The molecule has 0 amide bonds. The van der Waals surface area contributed by atoms with Crippen LogP contribution in [0, 0.1) is 0 Å². The third-order valence-electron chi connectivity index (χ3n) is 1.52. The van der Waals surface area contributed by atoms with Gasteiger partial charge in [0.25, 0.3) is 0 Å². The van der Waals surface area contributed by atoms with Crippen LogP contribution in [0.1, 0.15) is 13.3 Å². The Balaban J connectivity index is 2.41. The first-order chi connectivity index (χ1) is 6.18. The van der Waals surface area contributed by atoms with Crippen LogP contribution in [0.25, 0.3) is 0 Å². The number of halogens is 1. The SMILES string of the molecule is CC(=O)CCSc1cccc(Cl)c1. The van der Waals surface area contributed by atoms with Crippen molar-refractivity contribution in [2.75, 3.05) is 5.75 Å². The summed E-state index contributed by atoms with van der Waals surface area (Å²) in [6.45, 7) is 1.61. The van der Waals surface area contributed by atoms with Crippen LogP contribution in [-0.4, -0.2) is 11.5 Å². The molecule has 0 fully saturated rings. The van der Waals surface area contributed by atoms with Crippen molar-refractivity contribution in [3.8, 4) is 0 Å². The highest BCUT2D eigenvalue weighted by Gasteiger charge is 1.97. The second-order valence-corrected chi connectivity index (χ2v) is 4.36. The molecule has 0 bridgehead atoms. The summed E-state index contributed by atoms with van der Waals surface area (Å²) in [5, 5.41) is 0.743. The number of carbonyl (C=O) groups is 1. The molecule has 0 saturated carbocycles. The Kier molecular flexibility index (Phi) is 4.33. The molecule has 1 aromatic carbocycles. The Morgan fingerprint density at radius 1 is 1.54 bits per heavy atom. The highest BCUT2D eigenvalue weighted by Crippen LogP contribution is 2.21. The fraction of sp³-hybridized carbons (Fsp3) is 0.300. The van der Waals surface area contributed by atoms with Gasteiger partial charge in [-0.15, -0.1) is 11.8 Å². The Bertz CT molecular complexity index is 299. The van der Waals surface area contributed by atoms with E-state index in [-0.39, 0.29) is 5.78 Å². The molecule has 0 aliphatic carbocycles. The molecule has 1 aromatic rings. The van der Waals surface area contributed by atoms with Gasteiger partial charge in [-0.05, 0) is 25.1 Å². The van der Waals surface area contributed by atoms with E-state index in [9.17, 15) is 4.79 Å². The van der Waals surface area contributed by atoms with Gasteiger partial charge < -0.3 is 0 Å². The van der Waals surface area contributed by atoms with Crippen molar-refractivity contribution >= 4 is 29.1 Å². The number of benzene rings is 1. The first-order valence-corrected chi connectivity index (χ1v) is 5.42. The lowest BCUT2D eigenvalue weighted by atomic mass is 10.4. The molecular formula is C10H11ClOS. The number of hydrogen-bond donors (Lipinski definition) is 0. The Labute approximate surface area is 87.5 Å². The van der Waals surface area contributed by atoms with Gasteiger partial charge in [-0.3, -0.25) is 4.79 Å². The minimum Gasteiger partial charge on any atom is -0.300 e. The van der Waals surface area contributed by atoms with Crippen molar-refractivity contribution in [3.05, 3.63) is 29.3 Å². The van der Waals surface area contributed by atoms with E-state index in [4.69, 9.17) is 11.6 Å². The van der Waals surface area contributed by atoms with Crippen molar-refractivity contribution < 1.29 is 4.79 Å². The van der Waals surface area contributed by atoms with Crippen LogP contribution >= 0.6 is 23.4 Å². The average molecular weight is 215 g/mol. The zero-order valence-electron chi connectivity index (χ0n) is 7.42. The fourth-order valence-corrected chi connectivity index (χ4v) is 2.13. The number of ketones is 1. The average Bonchev–Trinajstić information content (AvgIpc) is 2.03. The molecular weight excluding hydrogens is 204 g/mol. The zero-order chi connectivity index (χ0) is 9.68. The Morgan fingerprint density at radius 3 is 2.92 bits per heavy atom. The summed E-state index contributed by atoms with van der Waals surface area (Å²) in [6, 6.07) is 7.66. The van der Waals surface area contributed by atoms with Gasteiger partial charge in [0.2, 0.25) is 0 Å². The normalized spacial score (nSPS) is 10.0. The molecule has 13 heavy (non-hydrogen) atoms. The number of rotatable bonds is 4. The minimum atomic E-state index is 0.231. The van der Waals surface area contributed by atoms with Crippen LogP contribution in [0.3, 0.4) is 0 Å². The molecule has 0 aliphatic rings. The topological polar surface area (TPSA) is 17.1 Å². The summed E-state index contributed by atoms with van der Waals surface area (Å²) < 4.78 is 0. The van der Waals surface area contributed by atoms with E-state index >= 15 is 0 Å². The molecule has 0 saturated heterocycles. The van der Waals surface area contributed by atoms with E-state index in [1.165, 1.54) is 0 Å². The quantitative estimate of drug-likeness (QED) is 0.715. The van der Waals surface area contributed by atoms with E-state index in [0.29, 0.717) is 6.42 Å². The number of carbonyl (C=O) groups excluding carboxylic acids is 1. The van der Waals surface area contributed by atoms with Crippen LogP contribution in [0.4, 0.5) is 0 Å². The van der Waals surface area contributed by atoms with Crippen LogP contribution in [0.5, 0.6) is 0 Å². The largest absolute Gasteiger partial charge is 0.300 e. The fourth-order valence-electron chi connectivity index (χ4n) is 0.869. The van der Waals surface area contributed by atoms with Crippen molar-refractivity contribution in [3.63, 3.8) is 0 Å². The summed E-state index contributed by atoms with van der Waals surface area (Å²) in [5.74, 6) is 1.06. The van der Waals surface area contributed by atoms with Gasteiger partial charge in [0.05, 0.1) is 0 Å². The van der Waals surface area contributed by atoms with Crippen molar-refractivity contribution in [1.82, 2.24) is 0 Å². The van der Waals surface area contributed by atoms with Gasteiger partial charge in [-0.2, -0.15) is 0 Å². The predicted octanol–water partition coefficient (Wildman–Crippen LogP) is 3.41. The highest BCUT2D eigenvalue weighted by molar-refractivity contribution is 7.99. The van der Waals surface area contributed by atoms with Gasteiger partial charge in [-0.25, -0.2) is 0 Å². The molecule has 0 radical (unpaired) electrons. The molecule has 0 N–H and O–H groups in total. The maximum Gasteiger partial charge on any atom is 0.130 e. The minimum absolute atomic E-state index is 0.231. The van der Waals surface area contributed by atoms with Crippen LogP contribution in [0.15, 0.2) is 29.2 Å². The number of Topliss-reactive ketones (excluding diaryl/α,β-unsaturated/α-hetero) is 1. The second kappa shape index (κ2) is 5.30. The molecule has 1 nitrogen and oxygen atoms in total. The second-order valence-electron chi connectivity index (χ2n) is 2.76. The van der Waals surface area contributed by atoms with Gasteiger partial charge >= 0.3 is 0 Å². The molecule has 3 heteroatoms. The van der Waals surface area contributed by atoms with Gasteiger partial charge in [0.1, 0.15) is 5.78 Å². The smallest absolute Gasteiger partial charge is 0.130 e. The van der Waals surface area contributed by atoms with Crippen molar-refractivity contribution in [2.24, 2.45) is 0 Å². The van der Waals surface area contributed by atoms with Gasteiger partial charge in [0.15, 0.2) is 0 Å². The standard InChI is InChI=1S/C10H11ClOS/c1-8(12)5-6-13-10-4-2-3-9(11)7-10/h2-4,7H,5-6H2,1H3. The molecule has 0 aliphatic heterocycles. The van der Waals surface area contributed by atoms with Crippen molar-refractivity contribution in [1.29, 1.82) is 0 Å². The first kappa shape index (κ1) is 10.6. The molecule has 0 unspecified atom stereocenters. The molecule has 0 heterocycles. The molecule has 1 rings (SSSR count). The summed E-state index contributed by atoms with van der Waals surface area (Å²) in [7, 11) is 0. The lowest BCUT2D eigenvalue weighted by Gasteiger charge is -1.99. The number of hydrogen-bond acceptors (Lipinski definition) is 2. The molecule has 0 spiro atoms. The van der Waals surface area contributed by atoms with E-state index in [2.05, 4.69) is 0 Å². The lowest BCUT2D eigenvalue weighted by molar-refractivity contribution is -0.116. The Morgan fingerprint density at radius 2 is 2.31 bits per heavy atom. The molecule has 0 atom stereocenters. The van der Waals surface area contributed by atoms with Gasteiger partial charge in [-0.1, -0.05) is 17.7 Å². The van der Waals surface area contributed by atoms with Crippen LogP contribution < -0.4 is 0 Å². The summed E-state index contributed by atoms with van der Waals surface area (Å²) in [6.07, 6.45) is 0.622. The Hall–Kier alpha value is -0.470. The van der Waals surface area contributed by atoms with Gasteiger partial charge in [0, 0.05) is 22.1 Å². The summed E-state index contributed by atoms with van der Waals surface area (Å²) in [4.78, 5) is 11.8. The first-order valence-electron chi connectivity index (χ1n) is 4.06. The van der Waals surface area contributed by atoms with Crippen LogP contribution in [-0.2, 0) is 4.79 Å². The molecule has 0 aromatic heterocycles. The van der Waals surface area contributed by atoms with E-state index in [0.717, 1.165) is 15.7 Å². The third-order valence-corrected chi connectivity index (χ3v) is 2.75. The van der Waals surface area contributed by atoms with E-state index < -0.39 is 0 Å². The molecule has 70 valence electrons. The van der Waals surface area contributed by atoms with Crippen molar-refractivity contribution in [2.45, 2.75) is 18.2 Å². The van der Waals surface area contributed by atoms with Crippen LogP contribution in [0.2, 0.25) is 5.02 Å².